The van der Waals surface area contributed by atoms with E-state index in [9.17, 15) is 4.39 Å². The first-order valence-corrected chi connectivity index (χ1v) is 4.52. The van der Waals surface area contributed by atoms with Crippen molar-refractivity contribution >= 4 is 5.82 Å². The van der Waals surface area contributed by atoms with Gasteiger partial charge in [0.25, 0.3) is 0 Å². The van der Waals surface area contributed by atoms with Crippen LogP contribution in [0.25, 0.3) is 11.3 Å². The minimum atomic E-state index is -0.283. The van der Waals surface area contributed by atoms with Crippen LogP contribution in [-0.4, -0.2) is 10.2 Å². The highest BCUT2D eigenvalue weighted by atomic mass is 19.1. The molecule has 2 N–H and O–H groups in total. The number of nitrogen functional groups attached to an aromatic ring is 1. The summed E-state index contributed by atoms with van der Waals surface area (Å²) in [4.78, 5) is 0. The van der Waals surface area contributed by atoms with E-state index in [0.29, 0.717) is 11.5 Å². The molecule has 0 saturated heterocycles. The number of hydrogen-bond acceptors (Lipinski definition) is 3. The predicted octanol–water partition coefficient (Wildman–Crippen LogP) is 2.17. The van der Waals surface area contributed by atoms with Gasteiger partial charge in [0, 0.05) is 5.56 Å². The van der Waals surface area contributed by atoms with Crippen molar-refractivity contribution in [3.05, 3.63) is 41.7 Å². The highest BCUT2D eigenvalue weighted by Crippen LogP contribution is 2.21. The molecular weight excluding hydrogens is 193 g/mol. The summed E-state index contributed by atoms with van der Waals surface area (Å²) in [5.74, 6) is 0.0713. The molecule has 1 heterocycles. The molecule has 0 atom stereocenters. The largest absolute Gasteiger partial charge is 0.382 e. The molecule has 0 saturated carbocycles. The maximum atomic E-state index is 13.0. The van der Waals surface area contributed by atoms with Gasteiger partial charge >= 0.3 is 0 Å². The standard InChI is InChI=1S/C11H10FN3/c1-7-2-3-8(12)6-9(7)10-4-5-11(13)15-14-10/h2-6H,1H3,(H2,13,15). The lowest BCUT2D eigenvalue weighted by molar-refractivity contribution is 0.628. The number of nitrogens with two attached hydrogens (primary N) is 1. The second-order valence-corrected chi connectivity index (χ2v) is 3.30. The van der Waals surface area contributed by atoms with Gasteiger partial charge in [-0.15, -0.1) is 10.2 Å². The number of rotatable bonds is 1. The molecule has 0 aliphatic heterocycles. The van der Waals surface area contributed by atoms with E-state index in [2.05, 4.69) is 10.2 Å². The van der Waals surface area contributed by atoms with E-state index in [0.717, 1.165) is 11.1 Å². The van der Waals surface area contributed by atoms with Gasteiger partial charge in [-0.1, -0.05) is 6.07 Å². The van der Waals surface area contributed by atoms with Crippen LogP contribution in [0.2, 0.25) is 0 Å². The second-order valence-electron chi connectivity index (χ2n) is 3.30. The van der Waals surface area contributed by atoms with Gasteiger partial charge in [-0.2, -0.15) is 0 Å². The maximum Gasteiger partial charge on any atom is 0.146 e. The van der Waals surface area contributed by atoms with Crippen molar-refractivity contribution in [2.75, 3.05) is 5.73 Å². The van der Waals surface area contributed by atoms with E-state index < -0.39 is 0 Å². The van der Waals surface area contributed by atoms with E-state index in [-0.39, 0.29) is 5.82 Å². The third kappa shape index (κ3) is 1.93. The zero-order valence-corrected chi connectivity index (χ0v) is 8.24. The normalized spacial score (nSPS) is 10.3. The molecule has 2 rings (SSSR count). The van der Waals surface area contributed by atoms with E-state index in [1.807, 2.05) is 6.92 Å². The average molecular weight is 203 g/mol. The molecule has 0 bridgehead atoms. The predicted molar refractivity (Wildman–Crippen MR) is 56.6 cm³/mol. The van der Waals surface area contributed by atoms with Crippen molar-refractivity contribution in [1.29, 1.82) is 0 Å². The monoisotopic (exact) mass is 203 g/mol. The molecule has 76 valence electrons. The number of aromatic nitrogens is 2. The summed E-state index contributed by atoms with van der Waals surface area (Å²) >= 11 is 0. The third-order valence-corrected chi connectivity index (χ3v) is 2.16. The molecule has 3 nitrogen and oxygen atoms in total. The lowest BCUT2D eigenvalue weighted by Gasteiger charge is -2.04. The van der Waals surface area contributed by atoms with E-state index in [1.165, 1.54) is 12.1 Å². The molecule has 0 radical (unpaired) electrons. The van der Waals surface area contributed by atoms with E-state index in [4.69, 9.17) is 5.73 Å². The summed E-state index contributed by atoms with van der Waals surface area (Å²) in [6.45, 7) is 1.90. The van der Waals surface area contributed by atoms with Crippen molar-refractivity contribution in [3.8, 4) is 11.3 Å². The molecule has 0 aliphatic rings. The molecule has 0 amide bonds. The molecule has 4 heteroatoms. The van der Waals surface area contributed by atoms with Crippen LogP contribution in [0.15, 0.2) is 30.3 Å². The summed E-state index contributed by atoms with van der Waals surface area (Å²) < 4.78 is 13.0. The van der Waals surface area contributed by atoms with Gasteiger partial charge in [-0.3, -0.25) is 0 Å². The zero-order chi connectivity index (χ0) is 10.8. The Morgan fingerprint density at radius 2 is 1.93 bits per heavy atom. The SMILES string of the molecule is Cc1ccc(F)cc1-c1ccc(N)nn1. The Labute approximate surface area is 86.8 Å². The first-order chi connectivity index (χ1) is 7.16. The molecule has 1 aromatic heterocycles. The molecule has 0 spiro atoms. The van der Waals surface area contributed by atoms with Crippen LogP contribution in [0.3, 0.4) is 0 Å². The smallest absolute Gasteiger partial charge is 0.146 e. The summed E-state index contributed by atoms with van der Waals surface area (Å²) in [6, 6.07) is 7.94. The van der Waals surface area contributed by atoms with Gasteiger partial charge in [-0.05, 0) is 36.8 Å². The quantitative estimate of drug-likeness (QED) is 0.772. The van der Waals surface area contributed by atoms with Crippen molar-refractivity contribution in [3.63, 3.8) is 0 Å². The maximum absolute atomic E-state index is 13.0. The van der Waals surface area contributed by atoms with Gasteiger partial charge in [0.15, 0.2) is 0 Å². The fraction of sp³-hybridized carbons (Fsp3) is 0.0909. The highest BCUT2D eigenvalue weighted by molar-refractivity contribution is 5.63. The van der Waals surface area contributed by atoms with E-state index >= 15 is 0 Å². The Kier molecular flexibility index (Phi) is 2.33. The number of hydrogen-bond donors (Lipinski definition) is 1. The Morgan fingerprint density at radius 1 is 1.13 bits per heavy atom. The highest BCUT2D eigenvalue weighted by Gasteiger charge is 2.05. The summed E-state index contributed by atoms with van der Waals surface area (Å²) in [5, 5.41) is 7.64. The van der Waals surface area contributed by atoms with Crippen LogP contribution in [0.5, 0.6) is 0 Å². The van der Waals surface area contributed by atoms with Gasteiger partial charge in [-0.25, -0.2) is 4.39 Å². The summed E-state index contributed by atoms with van der Waals surface area (Å²) in [5.41, 5.74) is 7.74. The molecule has 0 fully saturated rings. The molecule has 2 aromatic rings. The minimum Gasteiger partial charge on any atom is -0.382 e. The van der Waals surface area contributed by atoms with Gasteiger partial charge in [0.2, 0.25) is 0 Å². The number of benzene rings is 1. The Hall–Kier alpha value is -1.97. The summed E-state index contributed by atoms with van der Waals surface area (Å²) in [6.07, 6.45) is 0. The number of nitrogens with zero attached hydrogens (tertiary/aromatic N) is 2. The van der Waals surface area contributed by atoms with Gasteiger partial charge < -0.3 is 5.73 Å². The summed E-state index contributed by atoms with van der Waals surface area (Å²) in [7, 11) is 0. The van der Waals surface area contributed by atoms with Crippen LogP contribution >= 0.6 is 0 Å². The van der Waals surface area contributed by atoms with Crippen LogP contribution in [0.4, 0.5) is 10.2 Å². The molecule has 0 unspecified atom stereocenters. The van der Waals surface area contributed by atoms with Crippen LogP contribution < -0.4 is 5.73 Å². The van der Waals surface area contributed by atoms with Crippen molar-refractivity contribution in [1.82, 2.24) is 10.2 Å². The van der Waals surface area contributed by atoms with Crippen LogP contribution in [0, 0.1) is 12.7 Å². The molecular formula is C11H10FN3. The number of anilines is 1. The van der Waals surface area contributed by atoms with E-state index in [1.54, 1.807) is 18.2 Å². The Balaban J connectivity index is 2.53. The Bertz CT molecular complexity index is 480. The fourth-order valence-corrected chi connectivity index (χ4v) is 1.36. The van der Waals surface area contributed by atoms with Crippen LogP contribution in [0.1, 0.15) is 5.56 Å². The topological polar surface area (TPSA) is 51.8 Å². The molecule has 0 aliphatic carbocycles. The lowest BCUT2D eigenvalue weighted by Crippen LogP contribution is -1.95. The van der Waals surface area contributed by atoms with Gasteiger partial charge in [0.1, 0.15) is 11.6 Å². The zero-order valence-electron chi connectivity index (χ0n) is 8.24. The minimum absolute atomic E-state index is 0.283. The van der Waals surface area contributed by atoms with Crippen molar-refractivity contribution in [2.24, 2.45) is 0 Å². The second kappa shape index (κ2) is 3.65. The van der Waals surface area contributed by atoms with Crippen LogP contribution in [-0.2, 0) is 0 Å². The average Bonchev–Trinajstić information content (AvgIpc) is 2.23. The molecule has 15 heavy (non-hydrogen) atoms. The lowest BCUT2D eigenvalue weighted by atomic mass is 10.1. The fourth-order valence-electron chi connectivity index (χ4n) is 1.36. The molecule has 1 aromatic carbocycles. The third-order valence-electron chi connectivity index (χ3n) is 2.16. The van der Waals surface area contributed by atoms with Gasteiger partial charge in [0.05, 0.1) is 5.69 Å². The number of halogens is 1. The van der Waals surface area contributed by atoms with Crippen molar-refractivity contribution in [2.45, 2.75) is 6.92 Å². The first kappa shape index (κ1) is 9.58. The van der Waals surface area contributed by atoms with Crippen molar-refractivity contribution < 1.29 is 4.39 Å². The Morgan fingerprint density at radius 3 is 2.60 bits per heavy atom. The first-order valence-electron chi connectivity index (χ1n) is 4.52. The number of aryl methyl sites for hydroxylation is 1.